The van der Waals surface area contributed by atoms with Gasteiger partial charge < -0.3 is 34.9 Å². The molecule has 0 bridgehead atoms. The molecule has 1 aliphatic carbocycles. The third kappa shape index (κ3) is 10.3. The minimum Gasteiger partial charge on any atom is -0.508 e. The van der Waals surface area contributed by atoms with Crippen molar-refractivity contribution in [2.75, 3.05) is 83.0 Å². The Morgan fingerprint density at radius 1 is 1.03 bits per heavy atom. The van der Waals surface area contributed by atoms with Gasteiger partial charge in [-0.2, -0.15) is 9.97 Å². The van der Waals surface area contributed by atoms with Crippen molar-refractivity contribution >= 4 is 39.1 Å². The molecule has 0 spiro atoms. The lowest BCUT2D eigenvalue weighted by molar-refractivity contribution is -0.125. The highest BCUT2D eigenvalue weighted by Gasteiger charge is 2.46. The van der Waals surface area contributed by atoms with Crippen LogP contribution in [0.15, 0.2) is 61.3 Å². The highest BCUT2D eigenvalue weighted by molar-refractivity contribution is 6.01. The van der Waals surface area contributed by atoms with Crippen molar-refractivity contribution in [1.29, 1.82) is 0 Å². The third-order valence-electron chi connectivity index (χ3n) is 16.8. The number of hydrazine groups is 1. The standard InChI is InChI=1S/C57H73F2N9O3/c1-6-8-11-44(55(70)60-4)51-43-14-12-39(30-48(43)65(5)64-51)38-19-27-66(28-20-38)24-16-37-17-25-67(26-18-37)34-57(21-22-57)35-71-56-62-53-46(54(63-56)68-23-9-10-36(3)33-68)32-61-52(50(53)59)45-31-41(69)29-40-13-15-47(58)42(7-2)49(40)45/h6,12-15,29-32,36-38,44,51,64,69H,1,7-11,16-28,33-35H2,2-5H3,(H,60,70)/t36-,44?,51?/m0/s1. The fourth-order valence-electron chi connectivity index (χ4n) is 12.4. The number of phenolic OH excluding ortho intramolecular Hbond substituents is 1. The Morgan fingerprint density at radius 2 is 1.82 bits per heavy atom. The van der Waals surface area contributed by atoms with E-state index in [1.54, 1.807) is 25.4 Å². The molecule has 378 valence electrons. The summed E-state index contributed by atoms with van der Waals surface area (Å²) in [6, 6.07) is 13.1. The second-order valence-corrected chi connectivity index (χ2v) is 21.7. The van der Waals surface area contributed by atoms with Gasteiger partial charge >= 0.3 is 6.01 Å². The highest BCUT2D eigenvalue weighted by Crippen LogP contribution is 2.48. The van der Waals surface area contributed by atoms with Gasteiger partial charge in [0.1, 0.15) is 28.6 Å². The lowest BCUT2D eigenvalue weighted by Gasteiger charge is -2.36. The van der Waals surface area contributed by atoms with Gasteiger partial charge in [-0.25, -0.2) is 14.2 Å². The summed E-state index contributed by atoms with van der Waals surface area (Å²) in [6.45, 7) is 16.6. The Kier molecular flexibility index (Phi) is 14.5. The number of hydrogen-bond acceptors (Lipinski definition) is 11. The third-order valence-corrected chi connectivity index (χ3v) is 16.8. The smallest absolute Gasteiger partial charge is 0.319 e. The zero-order chi connectivity index (χ0) is 49.4. The number of ether oxygens (including phenoxy) is 1. The number of phenols is 1. The SMILES string of the molecule is C=CCCC(C(=O)NC)C1NN(C)c2cc(C3CCN(CCC4CCN(CC5(COc6nc(N7CCC[C@H](C)C7)c7cnc(-c8cc(O)cc9ccc(F)c(CC)c89)c(F)c7n6)CC5)CC4)CC3)ccc21. The van der Waals surface area contributed by atoms with Crippen LogP contribution in [-0.2, 0) is 11.2 Å². The summed E-state index contributed by atoms with van der Waals surface area (Å²) < 4.78 is 38.8. The number of halogens is 2. The van der Waals surface area contributed by atoms with E-state index in [1.807, 2.05) is 13.0 Å². The van der Waals surface area contributed by atoms with Crippen molar-refractivity contribution in [3.8, 4) is 23.0 Å². The number of carbonyl (C=O) groups is 1. The van der Waals surface area contributed by atoms with Gasteiger partial charge in [-0.1, -0.05) is 38.1 Å². The summed E-state index contributed by atoms with van der Waals surface area (Å²) in [5.41, 5.74) is 8.28. The van der Waals surface area contributed by atoms with Gasteiger partial charge in [0, 0.05) is 50.9 Å². The van der Waals surface area contributed by atoms with E-state index in [0.717, 1.165) is 110 Å². The molecule has 10 rings (SSSR count). The summed E-state index contributed by atoms with van der Waals surface area (Å²) in [5.74, 6) is 1.19. The molecule has 14 heteroatoms. The number of nitrogens with one attached hydrogen (secondary N) is 2. The first-order valence-corrected chi connectivity index (χ1v) is 26.5. The maximum Gasteiger partial charge on any atom is 0.319 e. The number of rotatable bonds is 17. The number of nitrogens with zero attached hydrogens (tertiary/aromatic N) is 7. The molecule has 3 saturated heterocycles. The molecule has 3 atom stereocenters. The Morgan fingerprint density at radius 3 is 2.55 bits per heavy atom. The number of benzene rings is 3. The Balaban J connectivity index is 0.746. The van der Waals surface area contributed by atoms with Crippen LogP contribution in [-0.4, -0.2) is 109 Å². The Labute approximate surface area is 418 Å². The van der Waals surface area contributed by atoms with Crippen LogP contribution < -0.4 is 25.4 Å². The molecule has 1 amide bonds. The van der Waals surface area contributed by atoms with Crippen molar-refractivity contribution in [2.24, 2.45) is 23.2 Å². The lowest BCUT2D eigenvalue weighted by atomic mass is 9.85. The van der Waals surface area contributed by atoms with E-state index in [4.69, 9.17) is 14.7 Å². The van der Waals surface area contributed by atoms with Crippen LogP contribution in [0.5, 0.6) is 11.8 Å². The molecule has 4 fully saturated rings. The maximum absolute atomic E-state index is 17.1. The summed E-state index contributed by atoms with van der Waals surface area (Å²) >= 11 is 0. The first-order valence-electron chi connectivity index (χ1n) is 26.5. The van der Waals surface area contributed by atoms with Crippen molar-refractivity contribution < 1.29 is 23.4 Å². The minimum atomic E-state index is -0.641. The fraction of sp³-hybridized carbons (Fsp3) is 0.544. The molecule has 0 radical (unpaired) electrons. The number of fused-ring (bicyclic) bond motifs is 3. The number of amides is 1. The van der Waals surface area contributed by atoms with Crippen LogP contribution in [0.1, 0.15) is 113 Å². The molecule has 3 aromatic carbocycles. The average Bonchev–Trinajstić information content (AvgIpc) is 4.08. The average molecular weight is 970 g/mol. The number of aromatic hydroxyl groups is 1. The van der Waals surface area contributed by atoms with Gasteiger partial charge in [0.05, 0.1) is 29.6 Å². The topological polar surface area (TPSA) is 122 Å². The molecule has 71 heavy (non-hydrogen) atoms. The second kappa shape index (κ2) is 21.0. The summed E-state index contributed by atoms with van der Waals surface area (Å²) in [4.78, 5) is 34.8. The van der Waals surface area contributed by atoms with Crippen LogP contribution in [0, 0.1) is 34.8 Å². The number of hydrogen-bond donors (Lipinski definition) is 3. The van der Waals surface area contributed by atoms with Crippen LogP contribution in [0.3, 0.4) is 0 Å². The van der Waals surface area contributed by atoms with E-state index in [9.17, 15) is 9.90 Å². The van der Waals surface area contributed by atoms with Gasteiger partial charge in [-0.3, -0.25) is 9.78 Å². The number of allylic oxidation sites excluding steroid dienone is 1. The van der Waals surface area contributed by atoms with E-state index in [1.165, 1.54) is 48.2 Å². The monoisotopic (exact) mass is 970 g/mol. The minimum absolute atomic E-state index is 0.00880. The number of carbonyl (C=O) groups excluding carboxylic acids is 1. The number of pyridine rings is 1. The largest absolute Gasteiger partial charge is 0.508 e. The van der Waals surface area contributed by atoms with E-state index >= 15 is 8.78 Å². The van der Waals surface area contributed by atoms with E-state index < -0.39 is 5.82 Å². The van der Waals surface area contributed by atoms with Gasteiger partial charge in [0.25, 0.3) is 0 Å². The maximum atomic E-state index is 17.1. The van der Waals surface area contributed by atoms with E-state index in [0.29, 0.717) is 58.0 Å². The molecule has 4 aliphatic heterocycles. The van der Waals surface area contributed by atoms with E-state index in [-0.39, 0.29) is 52.1 Å². The fourth-order valence-corrected chi connectivity index (χ4v) is 12.4. The number of aromatic nitrogens is 3. The van der Waals surface area contributed by atoms with Gasteiger partial charge in [-0.15, -0.1) is 6.58 Å². The molecular weight excluding hydrogens is 897 g/mol. The zero-order valence-electron chi connectivity index (χ0n) is 42.3. The first-order chi connectivity index (χ1) is 34.4. The quantitative estimate of drug-likeness (QED) is 0.0773. The molecule has 12 nitrogen and oxygen atoms in total. The van der Waals surface area contributed by atoms with E-state index in [2.05, 4.69) is 74.2 Å². The second-order valence-electron chi connectivity index (χ2n) is 21.7. The molecule has 1 saturated carbocycles. The lowest BCUT2D eigenvalue weighted by Crippen LogP contribution is -2.40. The van der Waals surface area contributed by atoms with Gasteiger partial charge in [0.2, 0.25) is 5.91 Å². The molecule has 5 aliphatic rings. The highest BCUT2D eigenvalue weighted by atomic mass is 19.1. The molecule has 6 heterocycles. The number of anilines is 2. The van der Waals surface area contributed by atoms with Crippen LogP contribution >= 0.6 is 0 Å². The van der Waals surface area contributed by atoms with Crippen LogP contribution in [0.25, 0.3) is 32.9 Å². The molecule has 2 unspecified atom stereocenters. The molecule has 2 aromatic heterocycles. The summed E-state index contributed by atoms with van der Waals surface area (Å²) in [6.07, 6.45) is 15.7. The van der Waals surface area contributed by atoms with Crippen molar-refractivity contribution in [1.82, 2.24) is 35.5 Å². The summed E-state index contributed by atoms with van der Waals surface area (Å²) in [7, 11) is 3.78. The number of likely N-dealkylation sites (tertiary alicyclic amines) is 2. The molecular formula is C57H73F2N9O3. The Hall–Kier alpha value is -5.44. The van der Waals surface area contributed by atoms with Crippen molar-refractivity contribution in [2.45, 2.75) is 103 Å². The first kappa shape index (κ1) is 49.2. The predicted molar refractivity (Wildman–Crippen MR) is 279 cm³/mol. The van der Waals surface area contributed by atoms with Crippen molar-refractivity contribution in [3.05, 3.63) is 89.6 Å². The number of piperidine rings is 3. The van der Waals surface area contributed by atoms with Crippen LogP contribution in [0.4, 0.5) is 20.3 Å². The normalized spacial score (nSPS) is 21.4. The van der Waals surface area contributed by atoms with Crippen LogP contribution in [0.2, 0.25) is 0 Å². The predicted octanol–water partition coefficient (Wildman–Crippen LogP) is 10.1. The number of aryl methyl sites for hydroxylation is 1. The zero-order valence-corrected chi connectivity index (χ0v) is 42.3. The summed E-state index contributed by atoms with van der Waals surface area (Å²) in [5, 5.41) is 17.4. The van der Waals surface area contributed by atoms with Gasteiger partial charge in [-0.05, 0) is 179 Å². The Bertz CT molecular complexity index is 2750. The van der Waals surface area contributed by atoms with Gasteiger partial charge in [0.15, 0.2) is 5.82 Å². The molecule has 3 N–H and O–H groups in total. The molecule has 5 aromatic rings. The van der Waals surface area contributed by atoms with Crippen molar-refractivity contribution in [3.63, 3.8) is 0 Å².